The lowest BCUT2D eigenvalue weighted by Crippen LogP contribution is -2.50. The average Bonchev–Trinajstić information content (AvgIpc) is 2.36. The highest BCUT2D eigenvalue weighted by molar-refractivity contribution is 6.30. The highest BCUT2D eigenvalue weighted by Gasteiger charge is 2.30. The van der Waals surface area contributed by atoms with Crippen molar-refractivity contribution in [3.63, 3.8) is 0 Å². The molecule has 1 aromatic carbocycles. The van der Waals surface area contributed by atoms with Crippen molar-refractivity contribution in [1.29, 1.82) is 0 Å². The summed E-state index contributed by atoms with van der Waals surface area (Å²) in [5, 5.41) is 0.778. The van der Waals surface area contributed by atoms with Crippen LogP contribution in [-0.2, 0) is 4.74 Å². The average molecular weight is 283 g/mol. The number of hydrogen-bond donors (Lipinski definition) is 1. The first-order valence-corrected chi connectivity index (χ1v) is 7.24. The van der Waals surface area contributed by atoms with E-state index in [1.54, 1.807) is 0 Å². The highest BCUT2D eigenvalue weighted by Crippen LogP contribution is 2.29. The van der Waals surface area contributed by atoms with Gasteiger partial charge in [-0.15, -0.1) is 0 Å². The first-order chi connectivity index (χ1) is 9.02. The Morgan fingerprint density at radius 3 is 2.84 bits per heavy atom. The molecule has 0 bridgehead atoms. The Morgan fingerprint density at radius 1 is 1.47 bits per heavy atom. The highest BCUT2D eigenvalue weighted by atomic mass is 35.5. The van der Waals surface area contributed by atoms with Gasteiger partial charge in [0.2, 0.25) is 0 Å². The first kappa shape index (κ1) is 14.8. The standard InChI is InChI=1S/C15H23ClN2O/c1-10-6-13(16)4-5-14(10)15(7-17)18-8-12(3)19-9-11(18)2/h4-6,11-12,15H,7-9,17H2,1-3H3. The SMILES string of the molecule is Cc1cc(Cl)ccc1C(CN)N1CC(C)OCC1C. The van der Waals surface area contributed by atoms with Gasteiger partial charge in [-0.2, -0.15) is 0 Å². The molecule has 106 valence electrons. The molecule has 0 radical (unpaired) electrons. The maximum atomic E-state index is 6.04. The predicted molar refractivity (Wildman–Crippen MR) is 79.6 cm³/mol. The molecule has 4 heteroatoms. The molecule has 1 saturated heterocycles. The summed E-state index contributed by atoms with van der Waals surface area (Å²) in [6.07, 6.45) is 0.262. The molecule has 0 saturated carbocycles. The van der Waals surface area contributed by atoms with E-state index >= 15 is 0 Å². The summed E-state index contributed by atoms with van der Waals surface area (Å²) >= 11 is 6.04. The molecule has 0 amide bonds. The van der Waals surface area contributed by atoms with Crippen LogP contribution in [0.2, 0.25) is 5.02 Å². The van der Waals surface area contributed by atoms with Gasteiger partial charge in [0.1, 0.15) is 0 Å². The summed E-state index contributed by atoms with van der Waals surface area (Å²) in [5.41, 5.74) is 8.51. The van der Waals surface area contributed by atoms with Crippen LogP contribution in [0.25, 0.3) is 0 Å². The molecule has 2 rings (SSSR count). The molecular weight excluding hydrogens is 260 g/mol. The lowest BCUT2D eigenvalue weighted by Gasteiger charge is -2.42. The van der Waals surface area contributed by atoms with E-state index in [9.17, 15) is 0 Å². The number of nitrogens with zero attached hydrogens (tertiary/aromatic N) is 1. The maximum Gasteiger partial charge on any atom is 0.0675 e. The molecular formula is C15H23ClN2O. The van der Waals surface area contributed by atoms with Gasteiger partial charge in [0, 0.05) is 30.2 Å². The van der Waals surface area contributed by atoms with Gasteiger partial charge in [-0.1, -0.05) is 17.7 Å². The number of ether oxygens (including phenoxy) is 1. The topological polar surface area (TPSA) is 38.5 Å². The van der Waals surface area contributed by atoms with E-state index in [2.05, 4.69) is 31.7 Å². The summed E-state index contributed by atoms with van der Waals surface area (Å²) in [4.78, 5) is 2.45. The van der Waals surface area contributed by atoms with Crippen molar-refractivity contribution in [3.05, 3.63) is 34.3 Å². The van der Waals surface area contributed by atoms with Gasteiger partial charge in [-0.25, -0.2) is 0 Å². The molecule has 3 atom stereocenters. The Kier molecular flexibility index (Phi) is 4.85. The smallest absolute Gasteiger partial charge is 0.0675 e. The summed E-state index contributed by atoms with van der Waals surface area (Å²) in [6.45, 7) is 8.70. The van der Waals surface area contributed by atoms with Crippen LogP contribution in [0.5, 0.6) is 0 Å². The van der Waals surface area contributed by atoms with Crippen molar-refractivity contribution in [2.75, 3.05) is 19.7 Å². The van der Waals surface area contributed by atoms with E-state index in [0.717, 1.165) is 18.2 Å². The van der Waals surface area contributed by atoms with Crippen molar-refractivity contribution in [2.24, 2.45) is 5.73 Å². The van der Waals surface area contributed by atoms with Crippen LogP contribution in [0.3, 0.4) is 0 Å². The van der Waals surface area contributed by atoms with Crippen molar-refractivity contribution >= 4 is 11.6 Å². The molecule has 1 aromatic rings. The molecule has 3 unspecified atom stereocenters. The number of morpholine rings is 1. The molecule has 19 heavy (non-hydrogen) atoms. The van der Waals surface area contributed by atoms with E-state index in [1.165, 1.54) is 11.1 Å². The van der Waals surface area contributed by atoms with E-state index in [4.69, 9.17) is 22.1 Å². The summed E-state index contributed by atoms with van der Waals surface area (Å²) < 4.78 is 5.70. The monoisotopic (exact) mass is 282 g/mol. The number of nitrogens with two attached hydrogens (primary N) is 1. The van der Waals surface area contributed by atoms with E-state index < -0.39 is 0 Å². The first-order valence-electron chi connectivity index (χ1n) is 6.86. The number of hydrogen-bond acceptors (Lipinski definition) is 3. The van der Waals surface area contributed by atoms with E-state index in [0.29, 0.717) is 12.6 Å². The molecule has 1 fully saturated rings. The zero-order valence-electron chi connectivity index (χ0n) is 11.9. The molecule has 0 aliphatic carbocycles. The fourth-order valence-corrected chi connectivity index (χ4v) is 3.04. The Morgan fingerprint density at radius 2 is 2.21 bits per heavy atom. The van der Waals surface area contributed by atoms with Crippen molar-refractivity contribution in [3.8, 4) is 0 Å². The third-order valence-corrected chi connectivity index (χ3v) is 4.11. The Bertz CT molecular complexity index is 438. The fourth-order valence-electron chi connectivity index (χ4n) is 2.82. The lowest BCUT2D eigenvalue weighted by molar-refractivity contribution is -0.0654. The fraction of sp³-hybridized carbons (Fsp3) is 0.600. The molecule has 0 aromatic heterocycles. The largest absolute Gasteiger partial charge is 0.376 e. The second kappa shape index (κ2) is 6.23. The molecule has 3 nitrogen and oxygen atoms in total. The van der Waals surface area contributed by atoms with Gasteiger partial charge in [0.05, 0.1) is 12.7 Å². The zero-order chi connectivity index (χ0) is 14.0. The van der Waals surface area contributed by atoms with Crippen molar-refractivity contribution < 1.29 is 4.74 Å². The van der Waals surface area contributed by atoms with Crippen molar-refractivity contribution in [1.82, 2.24) is 4.90 Å². The third kappa shape index (κ3) is 3.29. The van der Waals surface area contributed by atoms with Gasteiger partial charge < -0.3 is 10.5 Å². The number of rotatable bonds is 3. The summed E-state index contributed by atoms with van der Waals surface area (Å²) in [6, 6.07) is 6.68. The molecule has 1 aliphatic rings. The van der Waals surface area contributed by atoms with E-state index in [-0.39, 0.29) is 12.1 Å². The summed E-state index contributed by atoms with van der Waals surface area (Å²) in [7, 11) is 0. The van der Waals surface area contributed by atoms with Gasteiger partial charge >= 0.3 is 0 Å². The minimum Gasteiger partial charge on any atom is -0.376 e. The predicted octanol–water partition coefficient (Wildman–Crippen LogP) is 2.76. The van der Waals surface area contributed by atoms with Gasteiger partial charge in [0.15, 0.2) is 0 Å². The lowest BCUT2D eigenvalue weighted by atomic mass is 9.97. The molecule has 0 spiro atoms. The molecule has 1 heterocycles. The van der Waals surface area contributed by atoms with Crippen LogP contribution in [0.15, 0.2) is 18.2 Å². The normalized spacial score (nSPS) is 26.4. The maximum absolute atomic E-state index is 6.04. The van der Waals surface area contributed by atoms with Crippen LogP contribution in [-0.4, -0.2) is 36.7 Å². The van der Waals surface area contributed by atoms with Crippen LogP contribution < -0.4 is 5.73 Å². The second-order valence-corrected chi connectivity index (χ2v) is 5.88. The number of aryl methyl sites for hydroxylation is 1. The van der Waals surface area contributed by atoms with Crippen LogP contribution in [0.4, 0.5) is 0 Å². The number of halogens is 1. The minimum absolute atomic E-state index is 0.235. The van der Waals surface area contributed by atoms with Crippen LogP contribution in [0, 0.1) is 6.92 Å². The summed E-state index contributed by atoms with van der Waals surface area (Å²) in [5.74, 6) is 0. The minimum atomic E-state index is 0.235. The molecule has 2 N–H and O–H groups in total. The Hall–Kier alpha value is -0.610. The van der Waals surface area contributed by atoms with Crippen LogP contribution >= 0.6 is 11.6 Å². The zero-order valence-corrected chi connectivity index (χ0v) is 12.7. The van der Waals surface area contributed by atoms with Gasteiger partial charge in [-0.05, 0) is 44.0 Å². The van der Waals surface area contributed by atoms with Crippen LogP contribution in [0.1, 0.15) is 31.0 Å². The third-order valence-electron chi connectivity index (χ3n) is 3.87. The Balaban J connectivity index is 2.27. The second-order valence-electron chi connectivity index (χ2n) is 5.44. The quantitative estimate of drug-likeness (QED) is 0.926. The van der Waals surface area contributed by atoms with E-state index in [1.807, 2.05) is 12.1 Å². The van der Waals surface area contributed by atoms with Crippen molar-refractivity contribution in [2.45, 2.75) is 39.0 Å². The van der Waals surface area contributed by atoms with Gasteiger partial charge in [0.25, 0.3) is 0 Å². The number of benzene rings is 1. The molecule has 1 aliphatic heterocycles. The van der Waals surface area contributed by atoms with Gasteiger partial charge in [-0.3, -0.25) is 4.90 Å². The Labute approximate surface area is 120 Å².